The van der Waals surface area contributed by atoms with E-state index in [1.807, 2.05) is 32.0 Å². The Morgan fingerprint density at radius 3 is 2.57 bits per heavy atom. The summed E-state index contributed by atoms with van der Waals surface area (Å²) in [4.78, 5) is 31.0. The molecule has 0 spiro atoms. The number of non-ortho nitro benzene ring substituents is 1. The fourth-order valence-electron chi connectivity index (χ4n) is 5.83. The molecule has 1 fully saturated rings. The van der Waals surface area contributed by atoms with Crippen LogP contribution in [0.25, 0.3) is 5.57 Å². The summed E-state index contributed by atoms with van der Waals surface area (Å²) in [5.74, 6) is 0.0528. The molecule has 3 heterocycles. The predicted octanol–water partition coefficient (Wildman–Crippen LogP) is 3.76. The minimum atomic E-state index is -0.679. The number of methoxy groups -OCH3 is 1. The maximum absolute atomic E-state index is 13.7. The number of carbonyl (C=O) groups excluding carboxylic acids is 1. The van der Waals surface area contributed by atoms with Gasteiger partial charge in [-0.3, -0.25) is 15.0 Å². The van der Waals surface area contributed by atoms with E-state index in [0.29, 0.717) is 41.2 Å². The molecule has 0 bridgehead atoms. The van der Waals surface area contributed by atoms with Gasteiger partial charge in [0.15, 0.2) is 0 Å². The largest absolute Gasteiger partial charge is 0.495 e. The highest BCUT2D eigenvalue weighted by atomic mass is 16.6. The highest BCUT2D eigenvalue weighted by Crippen LogP contribution is 2.43. The zero-order valence-corrected chi connectivity index (χ0v) is 25.5. The molecule has 0 aliphatic carbocycles. The zero-order chi connectivity index (χ0) is 31.2. The smallest absolute Gasteiger partial charge is 0.336 e. The first-order chi connectivity index (χ1) is 21.3. The van der Waals surface area contributed by atoms with Gasteiger partial charge >= 0.3 is 5.97 Å². The number of allylic oxidation sites excluding steroid dienone is 3. The zero-order valence-electron chi connectivity index (χ0n) is 25.5. The van der Waals surface area contributed by atoms with Crippen molar-refractivity contribution in [1.82, 2.24) is 30.4 Å². The summed E-state index contributed by atoms with van der Waals surface area (Å²) >= 11 is 0. The predicted molar refractivity (Wildman–Crippen MR) is 165 cm³/mol. The Bertz CT molecular complexity index is 1570. The summed E-state index contributed by atoms with van der Waals surface area (Å²) in [5, 5.41) is 27.7. The number of para-hydroxylation sites is 2. The topological polar surface area (TPSA) is 141 Å². The molecular formula is C31H38N8O5. The van der Waals surface area contributed by atoms with Crippen molar-refractivity contribution in [2.24, 2.45) is 0 Å². The number of benzene rings is 2. The summed E-state index contributed by atoms with van der Waals surface area (Å²) < 4.78 is 11.4. The molecule has 1 N–H and O–H groups in total. The van der Waals surface area contributed by atoms with E-state index in [-0.39, 0.29) is 12.3 Å². The van der Waals surface area contributed by atoms with Crippen molar-refractivity contribution in [3.8, 4) is 5.75 Å². The van der Waals surface area contributed by atoms with Crippen molar-refractivity contribution in [2.45, 2.75) is 39.7 Å². The Balaban J connectivity index is 1.27. The van der Waals surface area contributed by atoms with E-state index in [2.05, 4.69) is 36.6 Å². The molecule has 1 saturated heterocycles. The number of nitrogens with one attached hydrogen (secondary N) is 1. The van der Waals surface area contributed by atoms with Gasteiger partial charge in [-0.15, -0.1) is 10.2 Å². The lowest BCUT2D eigenvalue weighted by Gasteiger charge is -2.36. The number of esters is 1. The van der Waals surface area contributed by atoms with E-state index in [4.69, 9.17) is 9.47 Å². The molecule has 3 aromatic rings. The minimum absolute atomic E-state index is 0.0700. The number of carbonyl (C=O) groups is 1. The van der Waals surface area contributed by atoms with Crippen LogP contribution in [-0.4, -0.2) is 82.4 Å². The first-order valence-electron chi connectivity index (χ1n) is 14.8. The fraction of sp³-hybridized carbons (Fsp3) is 0.419. The number of anilines is 1. The third kappa shape index (κ3) is 6.57. The van der Waals surface area contributed by atoms with Crippen LogP contribution in [0.1, 0.15) is 44.5 Å². The molecule has 0 radical (unpaired) electrons. The van der Waals surface area contributed by atoms with E-state index >= 15 is 0 Å². The van der Waals surface area contributed by atoms with Crippen LogP contribution in [0.3, 0.4) is 0 Å². The van der Waals surface area contributed by atoms with E-state index < -0.39 is 16.8 Å². The van der Waals surface area contributed by atoms with Gasteiger partial charge in [0.2, 0.25) is 5.82 Å². The number of nitrogens with zero attached hydrogens (tertiary/aromatic N) is 7. The number of aromatic nitrogens is 4. The Kier molecular flexibility index (Phi) is 9.53. The van der Waals surface area contributed by atoms with Crippen LogP contribution >= 0.6 is 0 Å². The number of hydrogen-bond donors (Lipinski definition) is 1. The van der Waals surface area contributed by atoms with E-state index in [1.54, 1.807) is 26.2 Å². The van der Waals surface area contributed by atoms with Crippen LogP contribution in [0.4, 0.5) is 11.4 Å². The van der Waals surface area contributed by atoms with Gasteiger partial charge in [0.05, 0.1) is 36.4 Å². The van der Waals surface area contributed by atoms with Crippen molar-refractivity contribution < 1.29 is 19.2 Å². The van der Waals surface area contributed by atoms with Crippen molar-refractivity contribution in [2.75, 3.05) is 51.3 Å². The molecule has 44 heavy (non-hydrogen) atoms. The average Bonchev–Trinajstić information content (AvgIpc) is 3.52. The molecule has 13 heteroatoms. The second kappa shape index (κ2) is 13.7. The SMILES string of the molecule is CCn1nnc(C2=C(C)NC(C)=C(C(=O)OCCCN3CCN(c4ccccc4OC)CC3)C2c2cccc([N+](=O)[O-])c2)n1. The van der Waals surface area contributed by atoms with Crippen molar-refractivity contribution in [1.29, 1.82) is 0 Å². The molecule has 1 aromatic heterocycles. The summed E-state index contributed by atoms with van der Waals surface area (Å²) in [5.41, 5.74) is 3.94. The molecule has 2 aromatic carbocycles. The number of piperazine rings is 1. The van der Waals surface area contributed by atoms with E-state index in [0.717, 1.165) is 49.9 Å². The highest BCUT2D eigenvalue weighted by molar-refractivity contribution is 5.97. The van der Waals surface area contributed by atoms with Crippen LogP contribution in [0.2, 0.25) is 0 Å². The van der Waals surface area contributed by atoms with Crippen LogP contribution in [0.5, 0.6) is 5.75 Å². The molecule has 1 atom stereocenters. The maximum Gasteiger partial charge on any atom is 0.336 e. The van der Waals surface area contributed by atoms with Gasteiger partial charge in [0.25, 0.3) is 5.69 Å². The first-order valence-corrected chi connectivity index (χ1v) is 14.8. The van der Waals surface area contributed by atoms with Gasteiger partial charge in [-0.2, -0.15) is 4.80 Å². The number of tetrazole rings is 1. The lowest BCUT2D eigenvalue weighted by Crippen LogP contribution is -2.46. The number of ether oxygens (including phenoxy) is 2. The van der Waals surface area contributed by atoms with Crippen LogP contribution < -0.4 is 15.0 Å². The van der Waals surface area contributed by atoms with Crippen LogP contribution in [-0.2, 0) is 16.1 Å². The number of hydrogen-bond acceptors (Lipinski definition) is 11. The van der Waals surface area contributed by atoms with Gasteiger partial charge in [-0.05, 0) is 50.1 Å². The Morgan fingerprint density at radius 1 is 1.09 bits per heavy atom. The molecular weight excluding hydrogens is 564 g/mol. The molecule has 232 valence electrons. The van der Waals surface area contributed by atoms with Crippen molar-refractivity contribution in [3.63, 3.8) is 0 Å². The molecule has 0 amide bonds. The Labute approximate surface area is 256 Å². The monoisotopic (exact) mass is 602 g/mol. The molecule has 2 aliphatic rings. The molecule has 1 unspecified atom stereocenters. The number of nitro benzene ring substituents is 1. The van der Waals surface area contributed by atoms with Gasteiger partial charge in [-0.1, -0.05) is 24.3 Å². The van der Waals surface area contributed by atoms with Crippen LogP contribution in [0.15, 0.2) is 65.5 Å². The average molecular weight is 603 g/mol. The maximum atomic E-state index is 13.7. The van der Waals surface area contributed by atoms with E-state index in [9.17, 15) is 14.9 Å². The molecule has 5 rings (SSSR count). The van der Waals surface area contributed by atoms with Crippen LogP contribution in [0, 0.1) is 10.1 Å². The normalized spacial score (nSPS) is 17.5. The molecule has 2 aliphatic heterocycles. The van der Waals surface area contributed by atoms with Gasteiger partial charge in [-0.25, -0.2) is 4.79 Å². The summed E-state index contributed by atoms with van der Waals surface area (Å²) in [6, 6.07) is 14.3. The van der Waals surface area contributed by atoms with E-state index in [1.165, 1.54) is 16.9 Å². The Hall–Kier alpha value is -4.78. The first kappa shape index (κ1) is 30.7. The fourth-order valence-corrected chi connectivity index (χ4v) is 5.83. The Morgan fingerprint density at radius 2 is 1.86 bits per heavy atom. The quantitative estimate of drug-likeness (QED) is 0.148. The third-order valence-electron chi connectivity index (χ3n) is 8.02. The van der Waals surface area contributed by atoms with Crippen molar-refractivity contribution in [3.05, 3.63) is 87.0 Å². The van der Waals surface area contributed by atoms with Gasteiger partial charge < -0.3 is 19.7 Å². The van der Waals surface area contributed by atoms with Gasteiger partial charge in [0.1, 0.15) is 5.75 Å². The van der Waals surface area contributed by atoms with Crippen molar-refractivity contribution >= 4 is 22.9 Å². The number of nitro groups is 1. The molecule has 0 saturated carbocycles. The molecule has 13 nitrogen and oxygen atoms in total. The van der Waals surface area contributed by atoms with Gasteiger partial charge in [0, 0.05) is 67.7 Å². The summed E-state index contributed by atoms with van der Waals surface area (Å²) in [6.07, 6.45) is 0.676. The summed E-state index contributed by atoms with van der Waals surface area (Å²) in [6.45, 7) is 10.7. The second-order valence-corrected chi connectivity index (χ2v) is 10.8. The number of rotatable bonds is 11. The number of dihydropyridines is 1. The third-order valence-corrected chi connectivity index (χ3v) is 8.02. The lowest BCUT2D eigenvalue weighted by molar-refractivity contribution is -0.384. The standard InChI is InChI=1S/C31H38N8O5/c1-5-38-34-30(33-35-38)27-21(2)32-22(3)28(29(27)23-10-8-11-24(20-23)39(41)42)31(40)44-19-9-14-36-15-17-37(18-16-36)25-12-6-7-13-26(25)43-4/h6-8,10-13,20,29,32H,5,9,14-19H2,1-4H3. The minimum Gasteiger partial charge on any atom is -0.495 e. The summed E-state index contributed by atoms with van der Waals surface area (Å²) in [7, 11) is 1.69. The second-order valence-electron chi connectivity index (χ2n) is 10.8. The highest BCUT2D eigenvalue weighted by Gasteiger charge is 2.37. The lowest BCUT2D eigenvalue weighted by atomic mass is 9.80. The number of aryl methyl sites for hydroxylation is 1.